The second-order valence-corrected chi connectivity index (χ2v) is 7.02. The Morgan fingerprint density at radius 3 is 2.80 bits per heavy atom. The van der Waals surface area contributed by atoms with Crippen LogP contribution in [0.2, 0.25) is 0 Å². The molecule has 0 saturated carbocycles. The number of carbonyl (C=O) groups excluding carboxylic acids is 1. The number of aromatic nitrogens is 2. The van der Waals surface area contributed by atoms with Crippen molar-refractivity contribution in [3.8, 4) is 0 Å². The molecule has 0 bridgehead atoms. The second kappa shape index (κ2) is 8.47. The summed E-state index contributed by atoms with van der Waals surface area (Å²) in [5.74, 6) is 1.93. The van der Waals surface area contributed by atoms with Gasteiger partial charge in [-0.3, -0.25) is 4.79 Å². The van der Waals surface area contributed by atoms with Crippen LogP contribution in [0.4, 0.5) is 11.6 Å². The fourth-order valence-electron chi connectivity index (χ4n) is 3.69. The lowest BCUT2D eigenvalue weighted by Gasteiger charge is -2.34. The summed E-state index contributed by atoms with van der Waals surface area (Å²) in [6.07, 6.45) is 7.16. The lowest BCUT2D eigenvalue weighted by molar-refractivity contribution is -0.133. The molecule has 2 aliphatic rings. The van der Waals surface area contributed by atoms with Gasteiger partial charge in [-0.05, 0) is 32.4 Å². The Hall–Kier alpha value is -1.89. The van der Waals surface area contributed by atoms with E-state index in [0.717, 1.165) is 56.1 Å². The lowest BCUT2D eigenvalue weighted by Crippen LogP contribution is -2.47. The summed E-state index contributed by atoms with van der Waals surface area (Å²) in [6, 6.07) is 0.307. The van der Waals surface area contributed by atoms with Crippen molar-refractivity contribution in [3.05, 3.63) is 11.9 Å². The molecule has 25 heavy (non-hydrogen) atoms. The first-order valence-corrected chi connectivity index (χ1v) is 9.49. The smallest absolute Gasteiger partial charge is 0.242 e. The zero-order chi connectivity index (χ0) is 17.6. The molecule has 0 aromatic carbocycles. The Kier molecular flexibility index (Phi) is 6.07. The summed E-state index contributed by atoms with van der Waals surface area (Å²) < 4.78 is 0. The summed E-state index contributed by atoms with van der Waals surface area (Å²) in [6.45, 7) is 6.04. The number of hydrogen-bond donors (Lipinski definition) is 2. The van der Waals surface area contributed by atoms with Gasteiger partial charge in [-0.25, -0.2) is 9.97 Å². The first-order chi connectivity index (χ1) is 12.2. The van der Waals surface area contributed by atoms with Crippen LogP contribution in [-0.4, -0.2) is 60.0 Å². The molecule has 1 aromatic rings. The normalized spacial score (nSPS) is 18.9. The highest BCUT2D eigenvalue weighted by Gasteiger charge is 2.32. The number of hydrogen-bond acceptors (Lipinski definition) is 6. The van der Waals surface area contributed by atoms with E-state index in [0.29, 0.717) is 19.1 Å². The third-order valence-electron chi connectivity index (χ3n) is 5.13. The molecule has 0 atom stereocenters. The number of likely N-dealkylation sites (N-methyl/N-ethyl adjacent to an activating group) is 1. The number of carbonyl (C=O) groups is 1. The number of unbranched alkanes of at least 4 members (excludes halogenated alkanes) is 2. The van der Waals surface area contributed by atoms with E-state index in [1.54, 1.807) is 6.33 Å². The van der Waals surface area contributed by atoms with Gasteiger partial charge in [0.15, 0.2) is 0 Å². The van der Waals surface area contributed by atoms with Crippen molar-refractivity contribution in [1.82, 2.24) is 20.2 Å². The van der Waals surface area contributed by atoms with Crippen molar-refractivity contribution in [2.75, 3.05) is 43.4 Å². The molecule has 7 heteroatoms. The minimum absolute atomic E-state index is 0.185. The van der Waals surface area contributed by atoms with Gasteiger partial charge in [0.05, 0.1) is 18.7 Å². The van der Waals surface area contributed by atoms with Gasteiger partial charge in [0.1, 0.15) is 18.0 Å². The zero-order valence-electron chi connectivity index (χ0n) is 15.4. The van der Waals surface area contributed by atoms with Crippen LogP contribution in [0.3, 0.4) is 0 Å². The molecule has 7 nitrogen and oxygen atoms in total. The van der Waals surface area contributed by atoms with Crippen LogP contribution in [0, 0.1) is 0 Å². The van der Waals surface area contributed by atoms with E-state index in [9.17, 15) is 4.79 Å². The van der Waals surface area contributed by atoms with Crippen molar-refractivity contribution in [2.24, 2.45) is 0 Å². The van der Waals surface area contributed by atoms with Crippen molar-refractivity contribution < 1.29 is 4.79 Å². The van der Waals surface area contributed by atoms with Gasteiger partial charge in [0, 0.05) is 19.6 Å². The van der Waals surface area contributed by atoms with E-state index in [4.69, 9.17) is 0 Å². The van der Waals surface area contributed by atoms with Crippen LogP contribution >= 0.6 is 0 Å². The minimum atomic E-state index is 0.185. The molecule has 0 aliphatic carbocycles. The van der Waals surface area contributed by atoms with Gasteiger partial charge in [-0.15, -0.1) is 0 Å². The van der Waals surface area contributed by atoms with Gasteiger partial charge in [0.2, 0.25) is 5.91 Å². The fraction of sp³-hybridized carbons (Fsp3) is 0.722. The van der Waals surface area contributed by atoms with E-state index in [1.165, 1.54) is 12.8 Å². The molecule has 0 spiro atoms. The number of nitrogens with zero attached hydrogens (tertiary/aromatic N) is 4. The van der Waals surface area contributed by atoms with E-state index in [2.05, 4.69) is 27.5 Å². The molecule has 2 N–H and O–H groups in total. The average Bonchev–Trinajstić information content (AvgIpc) is 2.76. The molecule has 1 aromatic heterocycles. The predicted octanol–water partition coefficient (Wildman–Crippen LogP) is 1.61. The maximum absolute atomic E-state index is 12.8. The van der Waals surface area contributed by atoms with Crippen LogP contribution in [0.15, 0.2) is 6.33 Å². The highest BCUT2D eigenvalue weighted by atomic mass is 16.2. The molecule has 0 unspecified atom stereocenters. The Balaban J connectivity index is 1.82. The second-order valence-electron chi connectivity index (χ2n) is 7.02. The Bertz CT molecular complexity index is 587. The van der Waals surface area contributed by atoms with Crippen LogP contribution < -0.4 is 15.5 Å². The highest BCUT2D eigenvalue weighted by Crippen LogP contribution is 2.29. The van der Waals surface area contributed by atoms with E-state index >= 15 is 0 Å². The first kappa shape index (κ1) is 17.9. The number of amides is 1. The van der Waals surface area contributed by atoms with Crippen molar-refractivity contribution >= 4 is 17.5 Å². The quantitative estimate of drug-likeness (QED) is 0.763. The molecule has 0 radical (unpaired) electrons. The number of fused-ring (bicyclic) bond motifs is 1. The van der Waals surface area contributed by atoms with E-state index in [1.807, 2.05) is 16.8 Å². The van der Waals surface area contributed by atoms with Crippen LogP contribution in [0.1, 0.15) is 44.6 Å². The van der Waals surface area contributed by atoms with Gasteiger partial charge < -0.3 is 20.4 Å². The molecular formula is C18H30N6O. The van der Waals surface area contributed by atoms with Gasteiger partial charge >= 0.3 is 0 Å². The Morgan fingerprint density at radius 2 is 2.04 bits per heavy atom. The van der Waals surface area contributed by atoms with E-state index in [-0.39, 0.29) is 5.91 Å². The molecular weight excluding hydrogens is 316 g/mol. The van der Waals surface area contributed by atoms with Crippen LogP contribution in [-0.2, 0) is 11.3 Å². The summed E-state index contributed by atoms with van der Waals surface area (Å²) in [5, 5.41) is 6.84. The first-order valence-electron chi connectivity index (χ1n) is 9.49. The monoisotopic (exact) mass is 346 g/mol. The number of rotatable bonds is 6. The third-order valence-corrected chi connectivity index (χ3v) is 5.13. The zero-order valence-corrected chi connectivity index (χ0v) is 15.4. The molecule has 138 valence electrons. The van der Waals surface area contributed by atoms with Crippen molar-refractivity contribution in [2.45, 2.75) is 51.6 Å². The Labute approximate surface area is 150 Å². The third kappa shape index (κ3) is 4.21. The highest BCUT2D eigenvalue weighted by molar-refractivity contribution is 5.83. The molecule has 3 rings (SSSR count). The standard InChI is InChI=1S/C18H30N6O/c1-3-4-5-8-20-17-15-11-24(14-6-9-19-10-7-14)16(25)12-23(2)18(15)22-13-21-17/h13-14,19H,3-12H2,1-2H3,(H,20,21,22). The van der Waals surface area contributed by atoms with Crippen molar-refractivity contribution in [1.29, 1.82) is 0 Å². The topological polar surface area (TPSA) is 73.4 Å². The summed E-state index contributed by atoms with van der Waals surface area (Å²) in [4.78, 5) is 25.7. The molecule has 1 saturated heterocycles. The molecule has 2 aliphatic heterocycles. The van der Waals surface area contributed by atoms with Gasteiger partial charge in [-0.2, -0.15) is 0 Å². The minimum Gasteiger partial charge on any atom is -0.370 e. The summed E-state index contributed by atoms with van der Waals surface area (Å²) in [7, 11) is 1.94. The number of nitrogens with one attached hydrogen (secondary N) is 2. The van der Waals surface area contributed by atoms with Crippen LogP contribution in [0.25, 0.3) is 0 Å². The van der Waals surface area contributed by atoms with Gasteiger partial charge in [-0.1, -0.05) is 19.8 Å². The maximum Gasteiger partial charge on any atom is 0.242 e. The lowest BCUT2D eigenvalue weighted by atomic mass is 10.0. The average molecular weight is 346 g/mol. The number of piperidine rings is 1. The van der Waals surface area contributed by atoms with Crippen LogP contribution in [0.5, 0.6) is 0 Å². The van der Waals surface area contributed by atoms with Crippen molar-refractivity contribution in [3.63, 3.8) is 0 Å². The molecule has 3 heterocycles. The van der Waals surface area contributed by atoms with E-state index < -0.39 is 0 Å². The summed E-state index contributed by atoms with van der Waals surface area (Å²) in [5.41, 5.74) is 1.05. The number of anilines is 2. The fourth-order valence-corrected chi connectivity index (χ4v) is 3.69. The SMILES string of the molecule is CCCCCNc1ncnc2c1CN(C1CCNCC1)C(=O)CN2C. The predicted molar refractivity (Wildman–Crippen MR) is 99.8 cm³/mol. The largest absolute Gasteiger partial charge is 0.370 e. The van der Waals surface area contributed by atoms with Gasteiger partial charge in [0.25, 0.3) is 0 Å². The summed E-state index contributed by atoms with van der Waals surface area (Å²) >= 11 is 0. The Morgan fingerprint density at radius 1 is 1.24 bits per heavy atom. The molecule has 1 amide bonds. The maximum atomic E-state index is 12.8. The molecule has 1 fully saturated rings.